The van der Waals surface area contributed by atoms with Gasteiger partial charge in [-0.2, -0.15) is 10.2 Å². The molecule has 2 aromatic heterocycles. The quantitative estimate of drug-likeness (QED) is 0.838. The van der Waals surface area contributed by atoms with Crippen molar-refractivity contribution in [3.8, 4) is 0 Å². The molecule has 0 saturated carbocycles. The summed E-state index contributed by atoms with van der Waals surface area (Å²) in [6.07, 6.45) is 5.21. The molecule has 2 aromatic rings. The fourth-order valence-corrected chi connectivity index (χ4v) is 2.48. The second-order valence-corrected chi connectivity index (χ2v) is 5.94. The lowest BCUT2D eigenvalue weighted by Gasteiger charge is -2.19. The highest BCUT2D eigenvalue weighted by Gasteiger charge is 2.20. The zero-order chi connectivity index (χ0) is 16.1. The van der Waals surface area contributed by atoms with Crippen LogP contribution in [0, 0.1) is 5.92 Å². The Labute approximate surface area is 130 Å². The van der Waals surface area contributed by atoms with E-state index in [1.54, 1.807) is 15.6 Å². The summed E-state index contributed by atoms with van der Waals surface area (Å²) in [5.74, 6) is 1.27. The molecule has 22 heavy (non-hydrogen) atoms. The highest BCUT2D eigenvalue weighted by molar-refractivity contribution is 5.76. The summed E-state index contributed by atoms with van der Waals surface area (Å²) in [5, 5.41) is 11.3. The molecule has 0 bridgehead atoms. The monoisotopic (exact) mass is 304 g/mol. The molecule has 0 saturated heterocycles. The van der Waals surface area contributed by atoms with Crippen molar-refractivity contribution >= 4 is 5.91 Å². The number of nitrogens with one attached hydrogen (secondary N) is 1. The standard InChI is InChI=1S/C15H24N6O/c1-11(2)9-13(15-16-10-18-21(15)4)19-14(22)6-5-12-7-8-17-20(12)3/h7-8,10-11,13H,5-6,9H2,1-4H3,(H,19,22). The van der Waals surface area contributed by atoms with Crippen LogP contribution in [0.25, 0.3) is 0 Å². The largest absolute Gasteiger partial charge is 0.346 e. The number of hydrogen-bond acceptors (Lipinski definition) is 4. The van der Waals surface area contributed by atoms with Crippen LogP contribution in [-0.4, -0.2) is 30.5 Å². The van der Waals surface area contributed by atoms with Gasteiger partial charge in [0.1, 0.15) is 12.2 Å². The van der Waals surface area contributed by atoms with Crippen LogP contribution in [-0.2, 0) is 25.3 Å². The number of carbonyl (C=O) groups excluding carboxylic acids is 1. The van der Waals surface area contributed by atoms with E-state index in [0.29, 0.717) is 18.8 Å². The summed E-state index contributed by atoms with van der Waals surface area (Å²) in [4.78, 5) is 16.5. The molecule has 1 unspecified atom stereocenters. The Bertz CT molecular complexity index is 615. The SMILES string of the molecule is CC(C)CC(NC(=O)CCc1ccnn1C)c1ncnn1C. The van der Waals surface area contributed by atoms with Crippen molar-refractivity contribution in [3.63, 3.8) is 0 Å². The van der Waals surface area contributed by atoms with Crippen LogP contribution in [0.5, 0.6) is 0 Å². The molecule has 1 amide bonds. The van der Waals surface area contributed by atoms with Crippen molar-refractivity contribution in [2.75, 3.05) is 0 Å². The summed E-state index contributed by atoms with van der Waals surface area (Å²) in [5.41, 5.74) is 1.05. The Kier molecular flexibility index (Phi) is 5.30. The zero-order valence-corrected chi connectivity index (χ0v) is 13.7. The molecule has 120 valence electrons. The molecule has 0 aliphatic rings. The molecule has 0 fully saturated rings. The maximum atomic E-state index is 12.2. The molecule has 2 rings (SSSR count). The molecule has 0 aliphatic heterocycles. The number of rotatable bonds is 7. The number of carbonyl (C=O) groups is 1. The first kappa shape index (κ1) is 16.2. The highest BCUT2D eigenvalue weighted by atomic mass is 16.1. The van der Waals surface area contributed by atoms with Gasteiger partial charge in [-0.05, 0) is 24.8 Å². The second-order valence-electron chi connectivity index (χ2n) is 5.94. The fraction of sp³-hybridized carbons (Fsp3) is 0.600. The van der Waals surface area contributed by atoms with E-state index in [4.69, 9.17) is 0 Å². The Morgan fingerprint density at radius 1 is 1.27 bits per heavy atom. The van der Waals surface area contributed by atoms with Gasteiger partial charge in [0, 0.05) is 32.4 Å². The van der Waals surface area contributed by atoms with E-state index < -0.39 is 0 Å². The van der Waals surface area contributed by atoms with Gasteiger partial charge in [0.25, 0.3) is 0 Å². The molecule has 7 heteroatoms. The Morgan fingerprint density at radius 3 is 2.59 bits per heavy atom. The van der Waals surface area contributed by atoms with E-state index in [9.17, 15) is 4.79 Å². The van der Waals surface area contributed by atoms with Crippen LogP contribution in [0.15, 0.2) is 18.6 Å². The molecule has 0 spiro atoms. The topological polar surface area (TPSA) is 77.6 Å². The maximum absolute atomic E-state index is 12.2. The van der Waals surface area contributed by atoms with Gasteiger partial charge in [-0.1, -0.05) is 13.8 Å². The first-order valence-electron chi connectivity index (χ1n) is 7.57. The zero-order valence-electron chi connectivity index (χ0n) is 13.7. The lowest BCUT2D eigenvalue weighted by Crippen LogP contribution is -2.31. The van der Waals surface area contributed by atoms with Gasteiger partial charge >= 0.3 is 0 Å². The average molecular weight is 304 g/mol. The molecule has 2 heterocycles. The van der Waals surface area contributed by atoms with Crippen molar-refractivity contribution in [2.45, 2.75) is 39.2 Å². The normalized spacial score (nSPS) is 12.6. The van der Waals surface area contributed by atoms with E-state index in [1.807, 2.05) is 20.2 Å². The summed E-state index contributed by atoms with van der Waals surface area (Å²) < 4.78 is 3.51. The van der Waals surface area contributed by atoms with Gasteiger partial charge in [-0.3, -0.25) is 14.2 Å². The molecule has 1 atom stereocenters. The lowest BCUT2D eigenvalue weighted by molar-refractivity contribution is -0.122. The van der Waals surface area contributed by atoms with Crippen LogP contribution in [0.3, 0.4) is 0 Å². The minimum Gasteiger partial charge on any atom is -0.346 e. The van der Waals surface area contributed by atoms with Crippen LogP contribution in [0.4, 0.5) is 0 Å². The first-order valence-corrected chi connectivity index (χ1v) is 7.57. The second kappa shape index (κ2) is 7.20. The van der Waals surface area contributed by atoms with Gasteiger partial charge in [0.05, 0.1) is 6.04 Å². The van der Waals surface area contributed by atoms with E-state index in [1.165, 1.54) is 6.33 Å². The van der Waals surface area contributed by atoms with E-state index in [2.05, 4.69) is 34.3 Å². The van der Waals surface area contributed by atoms with Crippen LogP contribution < -0.4 is 5.32 Å². The molecule has 0 aliphatic carbocycles. The molecular formula is C15H24N6O. The minimum atomic E-state index is -0.105. The van der Waals surface area contributed by atoms with Gasteiger partial charge in [-0.15, -0.1) is 0 Å². The van der Waals surface area contributed by atoms with Gasteiger partial charge < -0.3 is 5.32 Å². The van der Waals surface area contributed by atoms with E-state index in [-0.39, 0.29) is 11.9 Å². The van der Waals surface area contributed by atoms with Crippen molar-refractivity contribution < 1.29 is 4.79 Å². The van der Waals surface area contributed by atoms with Crippen LogP contribution >= 0.6 is 0 Å². The lowest BCUT2D eigenvalue weighted by atomic mass is 10.0. The number of aryl methyl sites for hydroxylation is 3. The fourth-order valence-electron chi connectivity index (χ4n) is 2.48. The number of nitrogens with zero attached hydrogens (tertiary/aromatic N) is 5. The molecule has 7 nitrogen and oxygen atoms in total. The third kappa shape index (κ3) is 4.16. The highest BCUT2D eigenvalue weighted by Crippen LogP contribution is 2.19. The Morgan fingerprint density at radius 2 is 2.05 bits per heavy atom. The third-order valence-corrected chi connectivity index (χ3v) is 3.63. The van der Waals surface area contributed by atoms with E-state index in [0.717, 1.165) is 17.9 Å². The predicted octanol–water partition coefficient (Wildman–Crippen LogP) is 1.38. The van der Waals surface area contributed by atoms with Crippen molar-refractivity contribution in [1.29, 1.82) is 0 Å². The van der Waals surface area contributed by atoms with Crippen molar-refractivity contribution in [3.05, 3.63) is 30.1 Å². The van der Waals surface area contributed by atoms with E-state index >= 15 is 0 Å². The number of aromatic nitrogens is 5. The molecular weight excluding hydrogens is 280 g/mol. The third-order valence-electron chi connectivity index (χ3n) is 3.63. The molecule has 0 radical (unpaired) electrons. The summed E-state index contributed by atoms with van der Waals surface area (Å²) in [6.45, 7) is 4.26. The number of hydrogen-bond donors (Lipinski definition) is 1. The smallest absolute Gasteiger partial charge is 0.220 e. The van der Waals surface area contributed by atoms with Crippen LogP contribution in [0.1, 0.15) is 44.2 Å². The number of amides is 1. The van der Waals surface area contributed by atoms with Crippen molar-refractivity contribution in [2.24, 2.45) is 20.0 Å². The summed E-state index contributed by atoms with van der Waals surface area (Å²) >= 11 is 0. The first-order chi connectivity index (χ1) is 10.5. The molecule has 0 aromatic carbocycles. The van der Waals surface area contributed by atoms with Gasteiger partial charge in [0.2, 0.25) is 5.91 Å². The van der Waals surface area contributed by atoms with Crippen LogP contribution in [0.2, 0.25) is 0 Å². The minimum absolute atomic E-state index is 0.0230. The Balaban J connectivity index is 1.96. The van der Waals surface area contributed by atoms with Crippen molar-refractivity contribution in [1.82, 2.24) is 29.9 Å². The summed E-state index contributed by atoms with van der Waals surface area (Å²) in [7, 11) is 3.73. The van der Waals surface area contributed by atoms with Gasteiger partial charge in [0.15, 0.2) is 0 Å². The Hall–Kier alpha value is -2.18. The molecule has 1 N–H and O–H groups in total. The predicted molar refractivity (Wildman–Crippen MR) is 82.9 cm³/mol. The van der Waals surface area contributed by atoms with Gasteiger partial charge in [-0.25, -0.2) is 4.98 Å². The summed E-state index contributed by atoms with van der Waals surface area (Å²) in [6, 6.07) is 1.83. The maximum Gasteiger partial charge on any atom is 0.220 e. The average Bonchev–Trinajstić information content (AvgIpc) is 3.04.